The number of carbonyl (C=O) groups is 3. The predicted molar refractivity (Wildman–Crippen MR) is 221 cm³/mol. The van der Waals surface area contributed by atoms with Crippen LogP contribution in [0, 0.1) is 31.6 Å². The molecule has 0 bridgehead atoms. The summed E-state index contributed by atoms with van der Waals surface area (Å²) in [6.45, 7) is 11.0. The fourth-order valence-corrected chi connectivity index (χ4v) is 13.9. The van der Waals surface area contributed by atoms with E-state index in [0.29, 0.717) is 29.9 Å². The van der Waals surface area contributed by atoms with Crippen molar-refractivity contribution in [1.29, 1.82) is 0 Å². The summed E-state index contributed by atoms with van der Waals surface area (Å²) < 4.78 is 19.0. The second-order valence-electron chi connectivity index (χ2n) is 16.3. The number of allylic oxidation sites excluding steroid dienone is 1. The Bertz CT molecular complexity index is 2110. The van der Waals surface area contributed by atoms with Crippen LogP contribution in [0.1, 0.15) is 62.3 Å². The Morgan fingerprint density at radius 3 is 2.00 bits per heavy atom. The van der Waals surface area contributed by atoms with Crippen molar-refractivity contribution < 1.29 is 33.4 Å². The maximum Gasteiger partial charge on any atom is 0.423 e. The van der Waals surface area contributed by atoms with Gasteiger partial charge in [0.2, 0.25) is 11.8 Å². The molecule has 4 aromatic carbocycles. The van der Waals surface area contributed by atoms with E-state index in [2.05, 4.69) is 87.5 Å². The number of fused-ring (bicyclic) bond motifs is 3. The van der Waals surface area contributed by atoms with Gasteiger partial charge in [0.15, 0.2) is 0 Å². The van der Waals surface area contributed by atoms with Crippen molar-refractivity contribution in [1.82, 2.24) is 4.90 Å². The fourth-order valence-electron chi connectivity index (χ4n) is 9.35. The number of amides is 3. The quantitative estimate of drug-likeness (QED) is 0.0756. The first-order valence-electron chi connectivity index (χ1n) is 19.5. The van der Waals surface area contributed by atoms with Gasteiger partial charge < -0.3 is 19.0 Å². The number of benzene rings is 4. The average Bonchev–Trinajstić information content (AvgIpc) is 3.73. The zero-order chi connectivity index (χ0) is 39.8. The van der Waals surface area contributed by atoms with Gasteiger partial charge >= 0.3 is 6.09 Å². The highest BCUT2D eigenvalue weighted by molar-refractivity contribution is 6.99. The highest BCUT2D eigenvalue weighted by atomic mass is 28.4. The summed E-state index contributed by atoms with van der Waals surface area (Å²) in [7, 11) is -1.79. The molecule has 3 aliphatic rings. The summed E-state index contributed by atoms with van der Waals surface area (Å²) in [6.07, 6.45) is 2.48. The molecule has 4 aromatic rings. The van der Waals surface area contributed by atoms with Gasteiger partial charge in [0.1, 0.15) is 5.75 Å². The van der Waals surface area contributed by atoms with Crippen LogP contribution in [0.2, 0.25) is 5.04 Å². The predicted octanol–water partition coefficient (Wildman–Crippen LogP) is 7.99. The Morgan fingerprint density at radius 1 is 0.875 bits per heavy atom. The van der Waals surface area contributed by atoms with Crippen LogP contribution in [-0.4, -0.2) is 62.7 Å². The van der Waals surface area contributed by atoms with E-state index < -0.39 is 38.1 Å². The molecule has 290 valence electrons. The van der Waals surface area contributed by atoms with E-state index in [-0.39, 0.29) is 30.3 Å². The molecule has 4 atom stereocenters. The normalized spacial score (nSPS) is 21.3. The number of aryl methyl sites for hydroxylation is 2. The zero-order valence-electron chi connectivity index (χ0n) is 33.1. The molecule has 0 unspecified atom stereocenters. The SMILES string of the molecule is COC(=O)N1C(=O)[C@@H]2[C@@H](CC(CO[Si](c3ccccc3)(c3ccccc3)C(C)(C)C)=C3[C@@H](CC/C(=C/c4cc(C)c(O)c(C)c4)c4ccccc4)OC[C@@H]32)C1=O. The summed E-state index contributed by atoms with van der Waals surface area (Å²) in [5, 5.41) is 12.5. The van der Waals surface area contributed by atoms with Gasteiger partial charge in [0, 0.05) is 5.92 Å². The van der Waals surface area contributed by atoms with Crippen LogP contribution in [0.25, 0.3) is 11.6 Å². The number of aromatic hydroxyl groups is 1. The van der Waals surface area contributed by atoms with Crippen LogP contribution >= 0.6 is 0 Å². The lowest BCUT2D eigenvalue weighted by Crippen LogP contribution is -2.66. The summed E-state index contributed by atoms with van der Waals surface area (Å²) in [5.41, 5.74) is 6.81. The van der Waals surface area contributed by atoms with Crippen LogP contribution in [0.15, 0.2) is 114 Å². The van der Waals surface area contributed by atoms with Crippen molar-refractivity contribution in [3.05, 3.63) is 137 Å². The van der Waals surface area contributed by atoms with Crippen molar-refractivity contribution in [3.8, 4) is 5.75 Å². The van der Waals surface area contributed by atoms with Gasteiger partial charge in [-0.15, -0.1) is 0 Å². The number of phenolic OH excluding ortho intramolecular Hbond substituents is 1. The third kappa shape index (κ3) is 7.08. The van der Waals surface area contributed by atoms with Crippen LogP contribution in [0.4, 0.5) is 4.79 Å². The van der Waals surface area contributed by atoms with Gasteiger partial charge in [0.05, 0.1) is 38.3 Å². The van der Waals surface area contributed by atoms with Crippen molar-refractivity contribution in [2.45, 2.75) is 65.0 Å². The second-order valence-corrected chi connectivity index (χ2v) is 20.6. The minimum atomic E-state index is -2.98. The van der Waals surface area contributed by atoms with Crippen LogP contribution < -0.4 is 10.4 Å². The summed E-state index contributed by atoms with van der Waals surface area (Å²) in [5.74, 6) is -2.55. The Kier molecular flexibility index (Phi) is 11.1. The number of phenols is 1. The molecule has 1 aliphatic carbocycles. The standard InChI is InChI=1S/C47H51NO7Si/c1-30-24-32(25-31(2)43(30)49)26-34(33-16-10-7-11-17-33)22-23-40-41-35(27-38-42(39(41)29-54-40)45(51)48(44(38)50)46(52)53-6)28-55-56(47(3,4)5,36-18-12-8-13-19-36)37-20-14-9-15-21-37/h7-21,24-26,38-40,42,49H,22-23,27-29H2,1-6H3/b34-26-/t38-,39+,40-,42-/m1/s1. The molecule has 56 heavy (non-hydrogen) atoms. The van der Waals surface area contributed by atoms with Crippen LogP contribution in [-0.2, 0) is 23.5 Å². The summed E-state index contributed by atoms with van der Waals surface area (Å²) >= 11 is 0. The Balaban J connectivity index is 1.29. The van der Waals surface area contributed by atoms with Gasteiger partial charge in [-0.1, -0.05) is 118 Å². The third-order valence-electron chi connectivity index (χ3n) is 11.9. The second kappa shape index (κ2) is 15.8. The molecule has 1 N–H and O–H groups in total. The van der Waals surface area contributed by atoms with Crippen molar-refractivity contribution in [2.24, 2.45) is 17.8 Å². The lowest BCUT2D eigenvalue weighted by Gasteiger charge is -2.44. The van der Waals surface area contributed by atoms with E-state index in [0.717, 1.165) is 49.3 Å². The lowest BCUT2D eigenvalue weighted by molar-refractivity contribution is -0.137. The molecule has 0 aromatic heterocycles. The zero-order valence-corrected chi connectivity index (χ0v) is 34.1. The Morgan fingerprint density at radius 2 is 1.45 bits per heavy atom. The molecule has 2 fully saturated rings. The molecule has 3 amide bonds. The molecule has 8 nitrogen and oxygen atoms in total. The number of carbonyl (C=O) groups excluding carboxylic acids is 3. The number of hydrogen-bond donors (Lipinski definition) is 1. The molecule has 2 aliphatic heterocycles. The topological polar surface area (TPSA) is 102 Å². The maximum atomic E-state index is 13.9. The van der Waals surface area contributed by atoms with Gasteiger partial charge in [-0.3, -0.25) is 9.59 Å². The third-order valence-corrected chi connectivity index (χ3v) is 16.9. The van der Waals surface area contributed by atoms with E-state index in [4.69, 9.17) is 13.9 Å². The molecule has 7 rings (SSSR count). The van der Waals surface area contributed by atoms with E-state index in [1.54, 1.807) is 0 Å². The van der Waals surface area contributed by atoms with E-state index in [1.165, 1.54) is 7.11 Å². The number of imide groups is 3. The first-order valence-corrected chi connectivity index (χ1v) is 21.4. The molecule has 2 heterocycles. The summed E-state index contributed by atoms with van der Waals surface area (Å²) in [4.78, 5) is 41.3. The fraction of sp³-hybridized carbons (Fsp3) is 0.340. The largest absolute Gasteiger partial charge is 0.507 e. The molecule has 0 saturated carbocycles. The first kappa shape index (κ1) is 39.2. The maximum absolute atomic E-state index is 13.9. The number of rotatable bonds is 10. The number of likely N-dealkylation sites (tertiary alicyclic amines) is 1. The number of nitrogens with zero attached hydrogens (tertiary/aromatic N) is 1. The van der Waals surface area contributed by atoms with Gasteiger partial charge in [0.25, 0.3) is 8.32 Å². The minimum Gasteiger partial charge on any atom is -0.507 e. The highest BCUT2D eigenvalue weighted by Crippen LogP contribution is 2.51. The van der Waals surface area contributed by atoms with E-state index in [1.807, 2.05) is 56.3 Å². The lowest BCUT2D eigenvalue weighted by atomic mass is 9.69. The highest BCUT2D eigenvalue weighted by Gasteiger charge is 2.59. The molecule has 0 spiro atoms. The first-order chi connectivity index (χ1) is 26.9. The van der Waals surface area contributed by atoms with E-state index in [9.17, 15) is 19.5 Å². The Labute approximate surface area is 330 Å². The van der Waals surface area contributed by atoms with Crippen LogP contribution in [0.5, 0.6) is 5.75 Å². The number of hydrogen-bond acceptors (Lipinski definition) is 7. The molecule has 0 radical (unpaired) electrons. The Hall–Kier alpha value is -5.09. The molecule has 2 saturated heterocycles. The van der Waals surface area contributed by atoms with Crippen LogP contribution in [0.3, 0.4) is 0 Å². The summed E-state index contributed by atoms with van der Waals surface area (Å²) in [6, 6.07) is 35.1. The number of ether oxygens (including phenoxy) is 2. The number of methoxy groups -OCH3 is 1. The average molecular weight is 770 g/mol. The van der Waals surface area contributed by atoms with Gasteiger partial charge in [-0.25, -0.2) is 4.79 Å². The smallest absolute Gasteiger partial charge is 0.423 e. The molecule has 9 heteroatoms. The van der Waals surface area contributed by atoms with Crippen molar-refractivity contribution in [3.63, 3.8) is 0 Å². The molecular weight excluding hydrogens is 719 g/mol. The van der Waals surface area contributed by atoms with Gasteiger partial charge in [-0.2, -0.15) is 4.90 Å². The van der Waals surface area contributed by atoms with Crippen molar-refractivity contribution in [2.75, 3.05) is 20.3 Å². The van der Waals surface area contributed by atoms with Crippen molar-refractivity contribution >= 4 is 48.2 Å². The molecular formula is C47H51NO7Si. The van der Waals surface area contributed by atoms with Gasteiger partial charge in [-0.05, 0) is 99.6 Å². The minimum absolute atomic E-state index is 0.259. The van der Waals surface area contributed by atoms with E-state index >= 15 is 0 Å². The monoisotopic (exact) mass is 769 g/mol.